The summed E-state index contributed by atoms with van der Waals surface area (Å²) in [6, 6.07) is 3.85. The number of hydrogen-bond donors (Lipinski definition) is 2. The summed E-state index contributed by atoms with van der Waals surface area (Å²) in [5.74, 6) is 2.97. The van der Waals surface area contributed by atoms with E-state index < -0.39 is 0 Å². The fourth-order valence-electron chi connectivity index (χ4n) is 2.44. The number of ether oxygens (including phenoxy) is 2. The van der Waals surface area contributed by atoms with E-state index in [4.69, 9.17) is 9.47 Å². The van der Waals surface area contributed by atoms with E-state index in [1.54, 1.807) is 14.2 Å². The molecule has 1 aliphatic rings. The molecule has 96 valence electrons. The van der Waals surface area contributed by atoms with Crippen LogP contribution in [0.5, 0.6) is 11.5 Å². The summed E-state index contributed by atoms with van der Waals surface area (Å²) in [6.07, 6.45) is 1.13. The molecule has 1 aromatic heterocycles. The number of aromatic amines is 1. The normalized spacial score (nSPS) is 19.3. The number of nitrogens with zero attached hydrogens (tertiary/aromatic N) is 1. The van der Waals surface area contributed by atoms with Crippen molar-refractivity contribution < 1.29 is 9.47 Å². The maximum absolute atomic E-state index is 5.29. The van der Waals surface area contributed by atoms with Crippen LogP contribution in [-0.4, -0.2) is 37.3 Å². The Morgan fingerprint density at radius 1 is 1.22 bits per heavy atom. The van der Waals surface area contributed by atoms with E-state index in [1.165, 1.54) is 0 Å². The quantitative estimate of drug-likeness (QED) is 0.866. The first-order valence-electron chi connectivity index (χ1n) is 6.14. The van der Waals surface area contributed by atoms with Gasteiger partial charge >= 0.3 is 0 Å². The summed E-state index contributed by atoms with van der Waals surface area (Å²) in [5, 5.41) is 3.35. The molecule has 1 saturated heterocycles. The molecule has 18 heavy (non-hydrogen) atoms. The van der Waals surface area contributed by atoms with Gasteiger partial charge in [-0.15, -0.1) is 0 Å². The zero-order chi connectivity index (χ0) is 12.5. The third-order valence-corrected chi connectivity index (χ3v) is 3.45. The number of benzene rings is 1. The summed E-state index contributed by atoms with van der Waals surface area (Å²) in [6.45, 7) is 2.06. The third kappa shape index (κ3) is 1.80. The maximum Gasteiger partial charge on any atom is 0.163 e. The monoisotopic (exact) mass is 247 g/mol. The molecular formula is C13H17N3O2. The van der Waals surface area contributed by atoms with Crippen molar-refractivity contribution in [1.29, 1.82) is 0 Å². The Kier molecular flexibility index (Phi) is 2.83. The first-order chi connectivity index (χ1) is 8.81. The molecule has 0 radical (unpaired) electrons. The van der Waals surface area contributed by atoms with Crippen LogP contribution in [0.25, 0.3) is 11.0 Å². The Bertz CT molecular complexity index is 518. The largest absolute Gasteiger partial charge is 0.493 e. The molecule has 0 saturated carbocycles. The molecule has 2 N–H and O–H groups in total. The summed E-state index contributed by atoms with van der Waals surface area (Å²) in [5.41, 5.74) is 1.92. The summed E-state index contributed by atoms with van der Waals surface area (Å²) in [7, 11) is 3.28. The minimum absolute atomic E-state index is 0.481. The Labute approximate surface area is 106 Å². The smallest absolute Gasteiger partial charge is 0.163 e. The van der Waals surface area contributed by atoms with Gasteiger partial charge in [0.1, 0.15) is 5.82 Å². The Hall–Kier alpha value is -1.75. The molecule has 1 atom stereocenters. The van der Waals surface area contributed by atoms with E-state index >= 15 is 0 Å². The number of aromatic nitrogens is 2. The van der Waals surface area contributed by atoms with Crippen molar-refractivity contribution in [2.24, 2.45) is 0 Å². The number of nitrogens with one attached hydrogen (secondary N) is 2. The molecule has 2 heterocycles. The highest BCUT2D eigenvalue weighted by molar-refractivity contribution is 5.79. The highest BCUT2D eigenvalue weighted by Crippen LogP contribution is 2.32. The molecule has 5 heteroatoms. The van der Waals surface area contributed by atoms with E-state index in [-0.39, 0.29) is 0 Å². The van der Waals surface area contributed by atoms with Crippen molar-refractivity contribution in [2.45, 2.75) is 12.3 Å². The van der Waals surface area contributed by atoms with Gasteiger partial charge in [0.15, 0.2) is 11.5 Å². The molecule has 2 aromatic rings. The van der Waals surface area contributed by atoms with E-state index in [2.05, 4.69) is 15.3 Å². The average molecular weight is 247 g/mol. The number of imidazole rings is 1. The zero-order valence-corrected chi connectivity index (χ0v) is 10.6. The second-order valence-corrected chi connectivity index (χ2v) is 4.54. The average Bonchev–Trinajstić information content (AvgIpc) is 3.04. The molecule has 0 bridgehead atoms. The lowest BCUT2D eigenvalue weighted by atomic mass is 10.1. The van der Waals surface area contributed by atoms with Crippen molar-refractivity contribution in [1.82, 2.24) is 15.3 Å². The van der Waals surface area contributed by atoms with Gasteiger partial charge in [0.2, 0.25) is 0 Å². The minimum Gasteiger partial charge on any atom is -0.493 e. The molecule has 3 rings (SSSR count). The van der Waals surface area contributed by atoms with Crippen LogP contribution >= 0.6 is 0 Å². The van der Waals surface area contributed by atoms with Gasteiger partial charge in [0, 0.05) is 24.6 Å². The molecule has 0 amide bonds. The summed E-state index contributed by atoms with van der Waals surface area (Å²) >= 11 is 0. The standard InChI is InChI=1S/C13H17N3O2/c1-17-11-5-9-10(6-12(11)18-2)16-13(15-9)8-3-4-14-7-8/h5-6,8,14H,3-4,7H2,1-2H3,(H,15,16). The van der Waals surface area contributed by atoms with Crippen LogP contribution in [0.1, 0.15) is 18.2 Å². The van der Waals surface area contributed by atoms with Crippen LogP contribution in [0.4, 0.5) is 0 Å². The second kappa shape index (κ2) is 4.49. The van der Waals surface area contributed by atoms with Crippen LogP contribution < -0.4 is 14.8 Å². The fraction of sp³-hybridized carbons (Fsp3) is 0.462. The Morgan fingerprint density at radius 2 is 2.00 bits per heavy atom. The third-order valence-electron chi connectivity index (χ3n) is 3.45. The first kappa shape index (κ1) is 11.3. The van der Waals surface area contributed by atoms with Crippen molar-refractivity contribution in [3.8, 4) is 11.5 Å². The predicted octanol–water partition coefficient (Wildman–Crippen LogP) is 1.66. The topological polar surface area (TPSA) is 59.2 Å². The number of rotatable bonds is 3. The molecule has 1 aliphatic heterocycles. The van der Waals surface area contributed by atoms with Gasteiger partial charge < -0.3 is 19.8 Å². The Balaban J connectivity index is 2.05. The van der Waals surface area contributed by atoms with Crippen LogP contribution in [-0.2, 0) is 0 Å². The van der Waals surface area contributed by atoms with Gasteiger partial charge in [-0.3, -0.25) is 0 Å². The van der Waals surface area contributed by atoms with E-state index in [0.29, 0.717) is 11.7 Å². The molecular weight excluding hydrogens is 230 g/mol. The van der Waals surface area contributed by atoms with E-state index in [0.717, 1.165) is 42.1 Å². The highest BCUT2D eigenvalue weighted by Gasteiger charge is 2.20. The zero-order valence-electron chi connectivity index (χ0n) is 10.6. The van der Waals surface area contributed by atoms with Crippen molar-refractivity contribution >= 4 is 11.0 Å². The van der Waals surface area contributed by atoms with Crippen LogP contribution in [0.15, 0.2) is 12.1 Å². The SMILES string of the molecule is COc1cc2nc(C3CCNC3)[nH]c2cc1OC. The van der Waals surface area contributed by atoms with E-state index in [1.807, 2.05) is 12.1 Å². The minimum atomic E-state index is 0.481. The summed E-state index contributed by atoms with van der Waals surface area (Å²) in [4.78, 5) is 8.02. The first-order valence-corrected chi connectivity index (χ1v) is 6.14. The number of hydrogen-bond acceptors (Lipinski definition) is 4. The fourth-order valence-corrected chi connectivity index (χ4v) is 2.44. The number of H-pyrrole nitrogens is 1. The lowest BCUT2D eigenvalue weighted by Crippen LogP contribution is -2.08. The molecule has 1 unspecified atom stereocenters. The van der Waals surface area contributed by atoms with Crippen molar-refractivity contribution in [2.75, 3.05) is 27.3 Å². The van der Waals surface area contributed by atoms with Gasteiger partial charge in [-0.2, -0.15) is 0 Å². The lowest BCUT2D eigenvalue weighted by molar-refractivity contribution is 0.356. The number of methoxy groups -OCH3 is 2. The van der Waals surface area contributed by atoms with Crippen molar-refractivity contribution in [3.05, 3.63) is 18.0 Å². The van der Waals surface area contributed by atoms with Gasteiger partial charge in [-0.05, 0) is 13.0 Å². The highest BCUT2D eigenvalue weighted by atomic mass is 16.5. The van der Waals surface area contributed by atoms with Crippen LogP contribution in [0, 0.1) is 0 Å². The Morgan fingerprint density at radius 3 is 2.67 bits per heavy atom. The lowest BCUT2D eigenvalue weighted by Gasteiger charge is -2.06. The van der Waals surface area contributed by atoms with Gasteiger partial charge in [0.05, 0.1) is 25.3 Å². The van der Waals surface area contributed by atoms with Crippen LogP contribution in [0.2, 0.25) is 0 Å². The van der Waals surface area contributed by atoms with Gasteiger partial charge in [0.25, 0.3) is 0 Å². The molecule has 5 nitrogen and oxygen atoms in total. The molecule has 0 spiro atoms. The second-order valence-electron chi connectivity index (χ2n) is 4.54. The number of fused-ring (bicyclic) bond motifs is 1. The molecule has 0 aliphatic carbocycles. The van der Waals surface area contributed by atoms with E-state index in [9.17, 15) is 0 Å². The molecule has 1 fully saturated rings. The van der Waals surface area contributed by atoms with Crippen LogP contribution in [0.3, 0.4) is 0 Å². The van der Waals surface area contributed by atoms with Gasteiger partial charge in [-0.25, -0.2) is 4.98 Å². The van der Waals surface area contributed by atoms with Gasteiger partial charge in [-0.1, -0.05) is 0 Å². The predicted molar refractivity (Wildman–Crippen MR) is 69.4 cm³/mol. The van der Waals surface area contributed by atoms with Crippen molar-refractivity contribution in [3.63, 3.8) is 0 Å². The maximum atomic E-state index is 5.29. The molecule has 1 aromatic carbocycles. The summed E-state index contributed by atoms with van der Waals surface area (Å²) < 4.78 is 10.6.